The molecule has 0 saturated carbocycles. The highest BCUT2D eigenvalue weighted by molar-refractivity contribution is 14.0. The number of rotatable bonds is 7. The molecule has 0 bridgehead atoms. The Morgan fingerprint density at radius 1 is 0.967 bits per heavy atom. The van der Waals surface area contributed by atoms with Crippen LogP contribution in [0.4, 0.5) is 0 Å². The third-order valence-corrected chi connectivity index (χ3v) is 6.98. The summed E-state index contributed by atoms with van der Waals surface area (Å²) in [6, 6.07) is 17.5. The van der Waals surface area contributed by atoms with Gasteiger partial charge in [0.05, 0.1) is 4.90 Å². The van der Waals surface area contributed by atoms with Gasteiger partial charge in [0.2, 0.25) is 10.0 Å². The minimum atomic E-state index is -3.41. The van der Waals surface area contributed by atoms with E-state index in [0.717, 1.165) is 37.8 Å². The molecule has 1 aliphatic rings. The maximum Gasteiger partial charge on any atom is 0.243 e. The lowest BCUT2D eigenvalue weighted by Gasteiger charge is -2.26. The predicted octanol–water partition coefficient (Wildman–Crippen LogP) is 3.39. The van der Waals surface area contributed by atoms with Crippen molar-refractivity contribution in [2.75, 3.05) is 26.7 Å². The fraction of sp³-hybridized carbons (Fsp3) is 0.409. The van der Waals surface area contributed by atoms with Gasteiger partial charge in [-0.1, -0.05) is 48.9 Å². The fourth-order valence-electron chi connectivity index (χ4n) is 3.45. The van der Waals surface area contributed by atoms with Crippen LogP contribution in [0.15, 0.2) is 64.5 Å². The molecule has 1 fully saturated rings. The van der Waals surface area contributed by atoms with Crippen LogP contribution in [0, 0.1) is 0 Å². The zero-order valence-electron chi connectivity index (χ0n) is 17.4. The van der Waals surface area contributed by atoms with Crippen LogP contribution in [-0.2, 0) is 23.0 Å². The lowest BCUT2D eigenvalue weighted by molar-refractivity contribution is 0.346. The molecule has 0 aliphatic carbocycles. The largest absolute Gasteiger partial charge is 0.356 e. The molecular formula is C22H31IN4O2S. The summed E-state index contributed by atoms with van der Waals surface area (Å²) in [5.74, 6) is 0.699. The van der Waals surface area contributed by atoms with Crippen LogP contribution in [-0.4, -0.2) is 45.4 Å². The van der Waals surface area contributed by atoms with Crippen molar-refractivity contribution < 1.29 is 8.42 Å². The third kappa shape index (κ3) is 6.95. The van der Waals surface area contributed by atoms with Gasteiger partial charge in [-0.3, -0.25) is 4.99 Å². The lowest BCUT2D eigenvalue weighted by atomic mass is 10.1. The minimum Gasteiger partial charge on any atom is -0.356 e. The second-order valence-corrected chi connectivity index (χ2v) is 9.14. The molecular weight excluding hydrogens is 511 g/mol. The highest BCUT2D eigenvalue weighted by Gasteiger charge is 2.25. The van der Waals surface area contributed by atoms with Gasteiger partial charge in [-0.25, -0.2) is 8.42 Å². The molecule has 1 saturated heterocycles. The predicted molar refractivity (Wildman–Crippen MR) is 133 cm³/mol. The van der Waals surface area contributed by atoms with Crippen LogP contribution in [0.5, 0.6) is 0 Å². The number of sulfonamides is 1. The van der Waals surface area contributed by atoms with Crippen molar-refractivity contribution in [3.05, 3.63) is 65.7 Å². The monoisotopic (exact) mass is 542 g/mol. The van der Waals surface area contributed by atoms with Gasteiger partial charge < -0.3 is 10.6 Å². The van der Waals surface area contributed by atoms with Crippen molar-refractivity contribution in [1.82, 2.24) is 14.9 Å². The Bertz CT molecular complexity index is 914. The summed E-state index contributed by atoms with van der Waals surface area (Å²) in [7, 11) is -1.68. The normalized spacial score (nSPS) is 15.3. The van der Waals surface area contributed by atoms with E-state index in [1.807, 2.05) is 24.3 Å². The molecule has 2 aromatic carbocycles. The quantitative estimate of drug-likeness (QED) is 0.320. The van der Waals surface area contributed by atoms with Gasteiger partial charge >= 0.3 is 0 Å². The maximum atomic E-state index is 12.9. The number of aliphatic imine (C=N–C) groups is 1. The molecule has 0 amide bonds. The van der Waals surface area contributed by atoms with Gasteiger partial charge in [-0.15, -0.1) is 24.0 Å². The third-order valence-electron chi connectivity index (χ3n) is 5.08. The number of piperidine rings is 1. The van der Waals surface area contributed by atoms with Crippen molar-refractivity contribution in [2.24, 2.45) is 4.99 Å². The number of hydrogen-bond donors (Lipinski definition) is 2. The van der Waals surface area contributed by atoms with Crippen LogP contribution in [0.1, 0.15) is 30.4 Å². The van der Waals surface area contributed by atoms with Crippen molar-refractivity contribution in [3.63, 3.8) is 0 Å². The first-order valence-corrected chi connectivity index (χ1v) is 11.6. The van der Waals surface area contributed by atoms with E-state index in [1.54, 1.807) is 29.6 Å². The van der Waals surface area contributed by atoms with E-state index in [4.69, 9.17) is 0 Å². The molecule has 164 valence electrons. The molecule has 0 spiro atoms. The Kier molecular flexibility index (Phi) is 10.1. The first kappa shape index (κ1) is 24.6. The smallest absolute Gasteiger partial charge is 0.243 e. The molecule has 8 heteroatoms. The van der Waals surface area contributed by atoms with Crippen molar-refractivity contribution in [3.8, 4) is 0 Å². The van der Waals surface area contributed by atoms with Gasteiger partial charge in [0.15, 0.2) is 5.96 Å². The molecule has 1 aliphatic heterocycles. The first-order valence-electron chi connectivity index (χ1n) is 10.2. The average molecular weight is 542 g/mol. The number of nitrogens with one attached hydrogen (secondary N) is 2. The van der Waals surface area contributed by atoms with Crippen LogP contribution >= 0.6 is 24.0 Å². The molecule has 2 aromatic rings. The summed E-state index contributed by atoms with van der Waals surface area (Å²) in [5, 5.41) is 6.56. The average Bonchev–Trinajstić information content (AvgIpc) is 2.77. The number of halogens is 1. The SMILES string of the molecule is CN=C(NCCc1ccccc1)NCc1cccc(S(=O)(=O)N2CCCCC2)c1.I. The van der Waals surface area contributed by atoms with Gasteiger partial charge in [0.25, 0.3) is 0 Å². The van der Waals surface area contributed by atoms with E-state index in [0.29, 0.717) is 30.5 Å². The van der Waals surface area contributed by atoms with Crippen molar-refractivity contribution >= 4 is 40.0 Å². The van der Waals surface area contributed by atoms with Crippen LogP contribution in [0.25, 0.3) is 0 Å². The zero-order chi connectivity index (χ0) is 20.5. The molecule has 0 atom stereocenters. The van der Waals surface area contributed by atoms with Crippen LogP contribution < -0.4 is 10.6 Å². The number of hydrogen-bond acceptors (Lipinski definition) is 3. The number of guanidine groups is 1. The number of benzene rings is 2. The second kappa shape index (κ2) is 12.3. The molecule has 0 radical (unpaired) electrons. The van der Waals surface area contributed by atoms with E-state index < -0.39 is 10.0 Å². The molecule has 6 nitrogen and oxygen atoms in total. The van der Waals surface area contributed by atoms with Gasteiger partial charge in [-0.2, -0.15) is 4.31 Å². The van der Waals surface area contributed by atoms with E-state index in [-0.39, 0.29) is 24.0 Å². The summed E-state index contributed by atoms with van der Waals surface area (Å²) in [6.45, 7) is 2.51. The molecule has 0 unspecified atom stereocenters. The summed E-state index contributed by atoms with van der Waals surface area (Å²) in [6.07, 6.45) is 3.88. The standard InChI is InChI=1S/C22H30N4O2S.HI/c1-23-22(24-14-13-19-9-4-2-5-10-19)25-18-20-11-8-12-21(17-20)29(27,28)26-15-6-3-7-16-26;/h2,4-5,8-12,17H,3,6-7,13-16,18H2,1H3,(H2,23,24,25);1H. The Balaban J connectivity index is 0.00000320. The van der Waals surface area contributed by atoms with Gasteiger partial charge in [0, 0.05) is 33.2 Å². The zero-order valence-corrected chi connectivity index (χ0v) is 20.5. The number of nitrogens with zero attached hydrogens (tertiary/aromatic N) is 2. The highest BCUT2D eigenvalue weighted by Crippen LogP contribution is 2.21. The Morgan fingerprint density at radius 2 is 1.67 bits per heavy atom. The highest BCUT2D eigenvalue weighted by atomic mass is 127. The summed E-state index contributed by atoms with van der Waals surface area (Å²) < 4.78 is 27.4. The Labute approximate surface area is 197 Å². The van der Waals surface area contributed by atoms with E-state index in [2.05, 4.69) is 27.8 Å². The summed E-state index contributed by atoms with van der Waals surface area (Å²) >= 11 is 0. The topological polar surface area (TPSA) is 73.8 Å². The lowest BCUT2D eigenvalue weighted by Crippen LogP contribution is -2.38. The van der Waals surface area contributed by atoms with Gasteiger partial charge in [-0.05, 0) is 42.5 Å². The van der Waals surface area contributed by atoms with Gasteiger partial charge in [0.1, 0.15) is 0 Å². The summed E-state index contributed by atoms with van der Waals surface area (Å²) in [4.78, 5) is 4.61. The molecule has 0 aromatic heterocycles. The summed E-state index contributed by atoms with van der Waals surface area (Å²) in [5.41, 5.74) is 2.18. The van der Waals surface area contributed by atoms with Crippen molar-refractivity contribution in [2.45, 2.75) is 37.1 Å². The maximum absolute atomic E-state index is 12.9. The van der Waals surface area contributed by atoms with E-state index in [9.17, 15) is 8.42 Å². The Morgan fingerprint density at radius 3 is 2.37 bits per heavy atom. The van der Waals surface area contributed by atoms with Crippen LogP contribution in [0.3, 0.4) is 0 Å². The molecule has 2 N–H and O–H groups in total. The molecule has 1 heterocycles. The van der Waals surface area contributed by atoms with E-state index in [1.165, 1.54) is 5.56 Å². The molecule has 3 rings (SSSR count). The Hall–Kier alpha value is -1.65. The fourth-order valence-corrected chi connectivity index (χ4v) is 5.03. The van der Waals surface area contributed by atoms with Crippen molar-refractivity contribution in [1.29, 1.82) is 0 Å². The van der Waals surface area contributed by atoms with E-state index >= 15 is 0 Å². The first-order chi connectivity index (χ1) is 14.1. The molecule has 30 heavy (non-hydrogen) atoms. The van der Waals surface area contributed by atoms with Crippen LogP contribution in [0.2, 0.25) is 0 Å². The minimum absolute atomic E-state index is 0. The second-order valence-electron chi connectivity index (χ2n) is 7.20.